The molecule has 2 aromatic rings. The van der Waals surface area contributed by atoms with Crippen LogP contribution in [-0.2, 0) is 17.6 Å². The average molecular weight is 498 g/mol. The first kappa shape index (κ1) is 25.7. The number of thiophene rings is 1. The van der Waals surface area contributed by atoms with E-state index in [4.69, 9.17) is 9.47 Å². The highest BCUT2D eigenvalue weighted by molar-refractivity contribution is 7.17. The van der Waals surface area contributed by atoms with Crippen molar-refractivity contribution in [1.82, 2.24) is 0 Å². The van der Waals surface area contributed by atoms with Crippen LogP contribution < -0.4 is 10.1 Å². The quantitative estimate of drug-likeness (QED) is 0.415. The van der Waals surface area contributed by atoms with E-state index in [0.29, 0.717) is 22.7 Å². The van der Waals surface area contributed by atoms with E-state index in [2.05, 4.69) is 5.32 Å². The lowest BCUT2D eigenvalue weighted by atomic mass is 9.97. The molecule has 0 bridgehead atoms. The SMILES string of the molecule is CCOC(=O)c1c(NC(=O)c2ccc(OC3CCCC3)cc2)sc2c1CCCCCCCCCC2. The molecule has 1 heterocycles. The molecule has 2 aliphatic carbocycles. The Balaban J connectivity index is 1.53. The van der Waals surface area contributed by atoms with Gasteiger partial charge in [-0.3, -0.25) is 4.79 Å². The lowest BCUT2D eigenvalue weighted by Gasteiger charge is -2.13. The van der Waals surface area contributed by atoms with Crippen LogP contribution in [0.15, 0.2) is 24.3 Å². The van der Waals surface area contributed by atoms with Gasteiger partial charge in [0, 0.05) is 10.4 Å². The highest BCUT2D eigenvalue weighted by Crippen LogP contribution is 2.37. The Morgan fingerprint density at radius 3 is 2.17 bits per heavy atom. The van der Waals surface area contributed by atoms with Crippen molar-refractivity contribution >= 4 is 28.2 Å². The van der Waals surface area contributed by atoms with E-state index < -0.39 is 0 Å². The number of hydrogen-bond acceptors (Lipinski definition) is 5. The minimum atomic E-state index is -0.326. The number of hydrogen-bond donors (Lipinski definition) is 1. The number of aryl methyl sites for hydroxylation is 1. The predicted octanol–water partition coefficient (Wildman–Crippen LogP) is 7.72. The summed E-state index contributed by atoms with van der Waals surface area (Å²) in [4.78, 5) is 27.4. The van der Waals surface area contributed by atoms with Gasteiger partial charge in [0.25, 0.3) is 5.91 Å². The van der Waals surface area contributed by atoms with Gasteiger partial charge in [0.15, 0.2) is 0 Å². The summed E-state index contributed by atoms with van der Waals surface area (Å²) in [5.74, 6) is 0.270. The van der Waals surface area contributed by atoms with E-state index in [1.54, 1.807) is 23.5 Å². The molecule has 0 atom stereocenters. The molecule has 1 aromatic carbocycles. The van der Waals surface area contributed by atoms with E-state index >= 15 is 0 Å². The standard InChI is InChI=1S/C29H39NO4S/c1-2-33-29(32)26-24-15-9-7-5-3-4-6-8-10-16-25(24)35-28(26)30-27(31)21-17-19-23(20-18-21)34-22-13-11-12-14-22/h17-20,22H,2-16H2,1H3,(H,30,31). The Morgan fingerprint density at radius 2 is 1.51 bits per heavy atom. The lowest BCUT2D eigenvalue weighted by molar-refractivity contribution is 0.0526. The first-order chi connectivity index (χ1) is 17.2. The molecule has 35 heavy (non-hydrogen) atoms. The molecule has 1 aromatic heterocycles. The van der Waals surface area contributed by atoms with E-state index in [1.165, 1.54) is 56.2 Å². The Labute approximate surface area is 213 Å². The first-order valence-corrected chi connectivity index (χ1v) is 14.4. The van der Waals surface area contributed by atoms with Crippen LogP contribution in [0.1, 0.15) is 115 Å². The van der Waals surface area contributed by atoms with Crippen LogP contribution >= 0.6 is 11.3 Å². The molecule has 0 radical (unpaired) electrons. The van der Waals surface area contributed by atoms with Crippen LogP contribution in [0.25, 0.3) is 0 Å². The molecule has 1 amide bonds. The van der Waals surface area contributed by atoms with E-state index in [1.807, 2.05) is 19.1 Å². The van der Waals surface area contributed by atoms with Crippen molar-refractivity contribution in [3.05, 3.63) is 45.8 Å². The van der Waals surface area contributed by atoms with E-state index in [0.717, 1.165) is 49.8 Å². The third kappa shape index (κ3) is 7.09. The Bertz CT molecular complexity index is 975. The Hall–Kier alpha value is -2.34. The molecular weight excluding hydrogens is 458 g/mol. The predicted molar refractivity (Wildman–Crippen MR) is 142 cm³/mol. The maximum absolute atomic E-state index is 13.2. The summed E-state index contributed by atoms with van der Waals surface area (Å²) in [6.07, 6.45) is 16.4. The Morgan fingerprint density at radius 1 is 0.886 bits per heavy atom. The summed E-state index contributed by atoms with van der Waals surface area (Å²) < 4.78 is 11.5. The van der Waals surface area contributed by atoms with Gasteiger partial charge >= 0.3 is 5.97 Å². The second-order valence-corrected chi connectivity index (χ2v) is 10.9. The number of ether oxygens (including phenoxy) is 2. The topological polar surface area (TPSA) is 64.6 Å². The zero-order valence-electron chi connectivity index (χ0n) is 21.0. The monoisotopic (exact) mass is 497 g/mol. The molecule has 0 unspecified atom stereocenters. The summed E-state index contributed by atoms with van der Waals surface area (Å²) >= 11 is 1.56. The normalized spacial score (nSPS) is 17.6. The molecular formula is C29H39NO4S. The molecule has 6 heteroatoms. The molecule has 4 rings (SSSR count). The Kier molecular flexibility index (Phi) is 9.64. The summed E-state index contributed by atoms with van der Waals surface area (Å²) in [6.45, 7) is 2.14. The number of nitrogens with one attached hydrogen (secondary N) is 1. The van der Waals surface area contributed by atoms with Crippen molar-refractivity contribution in [2.24, 2.45) is 0 Å². The molecule has 190 valence electrons. The molecule has 5 nitrogen and oxygen atoms in total. The molecule has 1 saturated carbocycles. The van der Waals surface area contributed by atoms with Gasteiger partial charge in [-0.15, -0.1) is 11.3 Å². The van der Waals surface area contributed by atoms with Gasteiger partial charge in [0.1, 0.15) is 10.8 Å². The number of rotatable bonds is 6. The third-order valence-electron chi connectivity index (χ3n) is 7.10. The second-order valence-electron chi connectivity index (χ2n) is 9.76. The summed E-state index contributed by atoms with van der Waals surface area (Å²) in [5.41, 5.74) is 2.21. The maximum atomic E-state index is 13.2. The van der Waals surface area contributed by atoms with Crippen molar-refractivity contribution in [3.8, 4) is 5.75 Å². The minimum absolute atomic E-state index is 0.208. The van der Waals surface area contributed by atoms with Crippen LogP contribution in [0.4, 0.5) is 5.00 Å². The summed E-state index contributed by atoms with van der Waals surface area (Å²) in [6, 6.07) is 7.33. The van der Waals surface area contributed by atoms with Gasteiger partial charge in [-0.2, -0.15) is 0 Å². The van der Waals surface area contributed by atoms with E-state index in [-0.39, 0.29) is 18.0 Å². The smallest absolute Gasteiger partial charge is 0.341 e. The highest BCUT2D eigenvalue weighted by atomic mass is 32.1. The van der Waals surface area contributed by atoms with Crippen molar-refractivity contribution in [3.63, 3.8) is 0 Å². The minimum Gasteiger partial charge on any atom is -0.490 e. The molecule has 0 spiro atoms. The van der Waals surface area contributed by atoms with Crippen LogP contribution in [0.3, 0.4) is 0 Å². The van der Waals surface area contributed by atoms with Crippen molar-refractivity contribution in [2.75, 3.05) is 11.9 Å². The number of anilines is 1. The zero-order valence-corrected chi connectivity index (χ0v) is 21.9. The number of carbonyl (C=O) groups is 2. The van der Waals surface area contributed by atoms with Gasteiger partial charge in [-0.1, -0.05) is 38.5 Å². The lowest BCUT2D eigenvalue weighted by Crippen LogP contribution is -2.15. The van der Waals surface area contributed by atoms with Crippen LogP contribution in [-0.4, -0.2) is 24.6 Å². The fourth-order valence-electron chi connectivity index (χ4n) is 5.19. The first-order valence-electron chi connectivity index (χ1n) is 13.6. The second kappa shape index (κ2) is 13.1. The fourth-order valence-corrected chi connectivity index (χ4v) is 6.47. The highest BCUT2D eigenvalue weighted by Gasteiger charge is 2.26. The average Bonchev–Trinajstić information content (AvgIpc) is 3.47. The van der Waals surface area contributed by atoms with Gasteiger partial charge in [0.05, 0.1) is 18.3 Å². The van der Waals surface area contributed by atoms with Crippen LogP contribution in [0.2, 0.25) is 0 Å². The van der Waals surface area contributed by atoms with Crippen molar-refractivity contribution in [2.45, 2.75) is 103 Å². The zero-order chi connectivity index (χ0) is 24.5. The van der Waals surface area contributed by atoms with Gasteiger partial charge in [-0.05, 0) is 88.1 Å². The maximum Gasteiger partial charge on any atom is 0.341 e. The van der Waals surface area contributed by atoms with Crippen molar-refractivity contribution < 1.29 is 19.1 Å². The molecule has 0 aliphatic heterocycles. The molecule has 1 fully saturated rings. The van der Waals surface area contributed by atoms with E-state index in [9.17, 15) is 9.59 Å². The van der Waals surface area contributed by atoms with Gasteiger partial charge in [-0.25, -0.2) is 4.79 Å². The fraction of sp³-hybridized carbons (Fsp3) is 0.586. The molecule has 1 N–H and O–H groups in total. The number of esters is 1. The van der Waals surface area contributed by atoms with Gasteiger partial charge in [0.2, 0.25) is 0 Å². The van der Waals surface area contributed by atoms with Crippen LogP contribution in [0, 0.1) is 0 Å². The molecule has 2 aliphatic rings. The van der Waals surface area contributed by atoms with Crippen LogP contribution in [0.5, 0.6) is 5.75 Å². The van der Waals surface area contributed by atoms with Crippen molar-refractivity contribution in [1.29, 1.82) is 0 Å². The number of carbonyl (C=O) groups excluding carboxylic acids is 2. The molecule has 0 saturated heterocycles. The number of amides is 1. The number of fused-ring (bicyclic) bond motifs is 1. The van der Waals surface area contributed by atoms with Gasteiger partial charge < -0.3 is 14.8 Å². The summed E-state index contributed by atoms with van der Waals surface area (Å²) in [7, 11) is 0. The number of benzene rings is 1. The summed E-state index contributed by atoms with van der Waals surface area (Å²) in [5, 5.41) is 3.68. The largest absolute Gasteiger partial charge is 0.490 e. The third-order valence-corrected chi connectivity index (χ3v) is 8.31.